The summed E-state index contributed by atoms with van der Waals surface area (Å²) in [6.07, 6.45) is 0.496. The second-order valence-corrected chi connectivity index (χ2v) is 9.02. The molecule has 2 atom stereocenters. The summed E-state index contributed by atoms with van der Waals surface area (Å²) in [5.74, 6) is 0.426. The van der Waals surface area contributed by atoms with Crippen molar-refractivity contribution in [2.24, 2.45) is 0 Å². The van der Waals surface area contributed by atoms with Crippen LogP contribution in [0.2, 0.25) is 0 Å². The zero-order valence-corrected chi connectivity index (χ0v) is 14.4. The number of aryl methyl sites for hydroxylation is 1. The molecule has 1 aliphatic rings. The molecule has 0 spiro atoms. The lowest BCUT2D eigenvalue weighted by atomic mass is 10.2. The first-order chi connectivity index (χ1) is 10.2. The second kappa shape index (κ2) is 6.41. The van der Waals surface area contributed by atoms with E-state index in [1.165, 1.54) is 16.7 Å². The van der Waals surface area contributed by atoms with Gasteiger partial charge in [-0.1, -0.05) is 11.8 Å². The molecule has 0 radical (unpaired) electrons. The summed E-state index contributed by atoms with van der Waals surface area (Å²) in [6.45, 7) is 3.57. The zero-order valence-electron chi connectivity index (χ0n) is 12.8. The lowest BCUT2D eigenvalue weighted by molar-refractivity contribution is -0.130. The molecule has 1 aromatic heterocycles. The minimum Gasteiger partial charge on any atom is -0.384 e. The molecule has 0 aliphatic carbocycles. The first-order valence-corrected chi connectivity index (χ1v) is 9.63. The van der Waals surface area contributed by atoms with Gasteiger partial charge in [0.2, 0.25) is 5.91 Å². The minimum atomic E-state index is -3.01. The number of thioether (sulfide) groups is 1. The van der Waals surface area contributed by atoms with E-state index in [9.17, 15) is 13.2 Å². The van der Waals surface area contributed by atoms with Crippen LogP contribution in [0.3, 0.4) is 0 Å². The highest BCUT2D eigenvalue weighted by Gasteiger charge is 2.34. The van der Waals surface area contributed by atoms with Crippen LogP contribution in [-0.4, -0.2) is 59.0 Å². The molecule has 0 aromatic carbocycles. The third-order valence-electron chi connectivity index (χ3n) is 3.59. The largest absolute Gasteiger partial charge is 0.384 e. The molecule has 1 amide bonds. The second-order valence-electron chi connectivity index (χ2n) is 5.48. The monoisotopic (exact) mass is 344 g/mol. The SMILES string of the molecule is Cc1cc(N)nc(S[C@@H](C)C(=O)N(C)[C@@H]2CCS(=O)(=O)C2)n1. The van der Waals surface area contributed by atoms with E-state index in [2.05, 4.69) is 9.97 Å². The number of carbonyl (C=O) groups is 1. The van der Waals surface area contributed by atoms with Crippen molar-refractivity contribution in [1.82, 2.24) is 14.9 Å². The molecule has 2 heterocycles. The summed E-state index contributed by atoms with van der Waals surface area (Å²) in [5.41, 5.74) is 6.41. The van der Waals surface area contributed by atoms with Gasteiger partial charge in [-0.2, -0.15) is 0 Å². The van der Waals surface area contributed by atoms with Gasteiger partial charge in [0.15, 0.2) is 15.0 Å². The number of aromatic nitrogens is 2. The van der Waals surface area contributed by atoms with Gasteiger partial charge in [-0.15, -0.1) is 0 Å². The zero-order chi connectivity index (χ0) is 16.5. The summed E-state index contributed by atoms with van der Waals surface area (Å²) in [6, 6.07) is 1.41. The van der Waals surface area contributed by atoms with E-state index < -0.39 is 15.1 Å². The number of hydrogen-bond acceptors (Lipinski definition) is 7. The Labute approximate surface area is 134 Å². The number of amides is 1. The van der Waals surface area contributed by atoms with Crippen LogP contribution in [0.25, 0.3) is 0 Å². The van der Waals surface area contributed by atoms with Crippen molar-refractivity contribution >= 4 is 33.3 Å². The number of nitrogen functional groups attached to an aromatic ring is 1. The lowest BCUT2D eigenvalue weighted by Gasteiger charge is -2.26. The smallest absolute Gasteiger partial charge is 0.235 e. The third-order valence-corrected chi connectivity index (χ3v) is 6.29. The predicted octanol–water partition coefficient (Wildman–Crippen LogP) is 0.493. The molecule has 9 heteroatoms. The van der Waals surface area contributed by atoms with Crippen LogP contribution in [0, 0.1) is 6.92 Å². The van der Waals surface area contributed by atoms with Gasteiger partial charge in [0.05, 0.1) is 16.8 Å². The van der Waals surface area contributed by atoms with E-state index in [-0.39, 0.29) is 23.5 Å². The minimum absolute atomic E-state index is 0.0422. The highest BCUT2D eigenvalue weighted by Crippen LogP contribution is 2.24. The Morgan fingerprint density at radius 2 is 2.18 bits per heavy atom. The van der Waals surface area contributed by atoms with Crippen molar-refractivity contribution in [1.29, 1.82) is 0 Å². The van der Waals surface area contributed by atoms with E-state index in [1.54, 1.807) is 20.0 Å². The summed E-state index contributed by atoms with van der Waals surface area (Å²) in [5, 5.41) is 0.0419. The molecule has 0 saturated carbocycles. The maximum Gasteiger partial charge on any atom is 0.235 e. The topological polar surface area (TPSA) is 106 Å². The standard InChI is InChI=1S/C13H20N4O3S2/c1-8-6-11(14)16-13(15-8)21-9(2)12(18)17(3)10-4-5-22(19,20)7-10/h6,9-10H,4-5,7H2,1-3H3,(H2,14,15,16)/t9-,10+/m0/s1. The van der Waals surface area contributed by atoms with E-state index in [1.807, 2.05) is 6.92 Å². The number of carbonyl (C=O) groups excluding carboxylic acids is 1. The van der Waals surface area contributed by atoms with Crippen LogP contribution in [0.1, 0.15) is 19.0 Å². The Balaban J connectivity index is 2.02. The van der Waals surface area contributed by atoms with Crippen LogP contribution in [-0.2, 0) is 14.6 Å². The Morgan fingerprint density at radius 1 is 1.50 bits per heavy atom. The fourth-order valence-electron chi connectivity index (χ4n) is 2.37. The fourth-order valence-corrected chi connectivity index (χ4v) is 5.09. The molecule has 0 bridgehead atoms. The first-order valence-electron chi connectivity index (χ1n) is 6.93. The average Bonchev–Trinajstić information content (AvgIpc) is 2.76. The molecule has 2 N–H and O–H groups in total. The number of sulfone groups is 1. The van der Waals surface area contributed by atoms with Crippen LogP contribution >= 0.6 is 11.8 Å². The molecule has 22 heavy (non-hydrogen) atoms. The number of hydrogen-bond donors (Lipinski definition) is 1. The predicted molar refractivity (Wildman–Crippen MR) is 86.3 cm³/mol. The van der Waals surface area contributed by atoms with E-state index >= 15 is 0 Å². The van der Waals surface area contributed by atoms with Crippen LogP contribution in [0.4, 0.5) is 5.82 Å². The lowest BCUT2D eigenvalue weighted by Crippen LogP contribution is -2.41. The Morgan fingerprint density at radius 3 is 2.73 bits per heavy atom. The van der Waals surface area contributed by atoms with Gasteiger partial charge in [0.25, 0.3) is 0 Å². The molecule has 2 rings (SSSR count). The van der Waals surface area contributed by atoms with Crippen LogP contribution in [0.15, 0.2) is 11.2 Å². The number of rotatable bonds is 4. The molecular formula is C13H20N4O3S2. The molecule has 1 aromatic rings. The maximum atomic E-state index is 12.4. The quantitative estimate of drug-likeness (QED) is 0.626. The Kier molecular flexibility index (Phi) is 4.96. The molecule has 0 unspecified atom stereocenters. The molecule has 1 saturated heterocycles. The normalized spacial score (nSPS) is 21.5. The van der Waals surface area contributed by atoms with Gasteiger partial charge in [0, 0.05) is 24.8 Å². The van der Waals surface area contributed by atoms with Gasteiger partial charge in [-0.05, 0) is 20.3 Å². The number of anilines is 1. The van der Waals surface area contributed by atoms with E-state index in [4.69, 9.17) is 5.73 Å². The summed E-state index contributed by atoms with van der Waals surface area (Å²) in [4.78, 5) is 22.3. The van der Waals surface area contributed by atoms with Crippen molar-refractivity contribution in [3.05, 3.63) is 11.8 Å². The summed E-state index contributed by atoms with van der Waals surface area (Å²) < 4.78 is 23.1. The number of nitrogens with zero attached hydrogens (tertiary/aromatic N) is 3. The average molecular weight is 344 g/mol. The van der Waals surface area contributed by atoms with Crippen LogP contribution < -0.4 is 5.73 Å². The highest BCUT2D eigenvalue weighted by atomic mass is 32.2. The van der Waals surface area contributed by atoms with Crippen molar-refractivity contribution in [3.63, 3.8) is 0 Å². The molecule has 1 aliphatic heterocycles. The van der Waals surface area contributed by atoms with Gasteiger partial charge in [0.1, 0.15) is 5.82 Å². The summed E-state index contributed by atoms with van der Waals surface area (Å²) >= 11 is 1.22. The number of nitrogens with two attached hydrogens (primary N) is 1. The Hall–Kier alpha value is -1.35. The highest BCUT2D eigenvalue weighted by molar-refractivity contribution is 8.00. The van der Waals surface area contributed by atoms with Gasteiger partial charge in [-0.25, -0.2) is 18.4 Å². The van der Waals surface area contributed by atoms with Gasteiger partial charge in [-0.3, -0.25) is 4.79 Å². The fraction of sp³-hybridized carbons (Fsp3) is 0.615. The van der Waals surface area contributed by atoms with Crippen LogP contribution in [0.5, 0.6) is 0 Å². The maximum absolute atomic E-state index is 12.4. The molecular weight excluding hydrogens is 324 g/mol. The van der Waals surface area contributed by atoms with Crippen molar-refractivity contribution < 1.29 is 13.2 Å². The molecule has 122 valence electrons. The van der Waals surface area contributed by atoms with E-state index in [0.29, 0.717) is 17.4 Å². The Bertz CT molecular complexity index is 658. The van der Waals surface area contributed by atoms with E-state index in [0.717, 1.165) is 5.69 Å². The van der Waals surface area contributed by atoms with Gasteiger partial charge >= 0.3 is 0 Å². The molecule has 1 fully saturated rings. The van der Waals surface area contributed by atoms with Gasteiger partial charge < -0.3 is 10.6 Å². The molecule has 7 nitrogen and oxygen atoms in total. The third kappa shape index (κ3) is 4.10. The van der Waals surface area contributed by atoms with Crippen molar-refractivity contribution in [2.45, 2.75) is 36.7 Å². The summed E-state index contributed by atoms with van der Waals surface area (Å²) in [7, 11) is -1.36. The first kappa shape index (κ1) is 17.0. The van der Waals surface area contributed by atoms with Crippen molar-refractivity contribution in [2.75, 3.05) is 24.3 Å². The van der Waals surface area contributed by atoms with Crippen molar-refractivity contribution in [3.8, 4) is 0 Å².